The summed E-state index contributed by atoms with van der Waals surface area (Å²) < 4.78 is 16.9. The minimum atomic E-state index is -0.801. The fourth-order valence-corrected chi connectivity index (χ4v) is 8.89. The Morgan fingerprint density at radius 3 is 0.787 bits per heavy atom. The highest BCUT2D eigenvalue weighted by Gasteiger charge is 2.19. The van der Waals surface area contributed by atoms with Crippen LogP contribution in [0, 0.1) is 0 Å². The Kier molecular flexibility index (Phi) is 63.3. The summed E-state index contributed by atoms with van der Waals surface area (Å²) in [7, 11) is 0. The van der Waals surface area contributed by atoms with Gasteiger partial charge in [-0.25, -0.2) is 0 Å². The zero-order valence-electron chi connectivity index (χ0n) is 52.0. The van der Waals surface area contributed by atoms with Crippen LogP contribution in [0.15, 0.2) is 134 Å². The SMILES string of the molecule is CC/C=C\C/C=C\C/C=C\C/C=C\C/C=C\C/C=C\C/C=C\CCCCCCCC(=O)OCC(COC(=O)CCCCCCCCC/C=C\C/C=C\CCCCC)OC(=O)CCCCCCCCC/C=C\C/C=C\CCCCCC. The van der Waals surface area contributed by atoms with Crippen LogP contribution in [-0.4, -0.2) is 37.2 Å². The summed E-state index contributed by atoms with van der Waals surface area (Å²) in [5.41, 5.74) is 0. The third kappa shape index (κ3) is 64.4. The van der Waals surface area contributed by atoms with E-state index < -0.39 is 6.10 Å². The van der Waals surface area contributed by atoms with Crippen LogP contribution in [0.1, 0.15) is 297 Å². The zero-order chi connectivity index (χ0) is 57.8. The first kappa shape index (κ1) is 75.5. The number of ether oxygens (including phenoxy) is 3. The van der Waals surface area contributed by atoms with Crippen LogP contribution in [0.3, 0.4) is 0 Å². The first-order chi connectivity index (χ1) is 39.5. The molecule has 6 nitrogen and oxygen atoms in total. The largest absolute Gasteiger partial charge is 0.462 e. The van der Waals surface area contributed by atoms with Crippen molar-refractivity contribution in [3.63, 3.8) is 0 Å². The van der Waals surface area contributed by atoms with Crippen LogP contribution in [0.5, 0.6) is 0 Å². The molecule has 1 atom stereocenters. The van der Waals surface area contributed by atoms with Crippen LogP contribution in [0.25, 0.3) is 0 Å². The van der Waals surface area contributed by atoms with Gasteiger partial charge in [0.25, 0.3) is 0 Å². The molecule has 454 valence electrons. The zero-order valence-corrected chi connectivity index (χ0v) is 52.0. The molecule has 0 aromatic rings. The number of unbranched alkanes of at least 4 members (excludes halogenated alkanes) is 26. The third-order valence-corrected chi connectivity index (χ3v) is 13.9. The van der Waals surface area contributed by atoms with Gasteiger partial charge in [0.1, 0.15) is 13.2 Å². The molecule has 0 saturated heterocycles. The molecule has 0 radical (unpaired) electrons. The Balaban J connectivity index is 4.44. The molecule has 0 amide bonds. The highest BCUT2D eigenvalue weighted by atomic mass is 16.6. The second-order valence-electron chi connectivity index (χ2n) is 21.6. The first-order valence-electron chi connectivity index (χ1n) is 33.2. The second kappa shape index (κ2) is 67.1. The molecule has 0 aliphatic carbocycles. The maximum Gasteiger partial charge on any atom is 0.306 e. The van der Waals surface area contributed by atoms with Crippen LogP contribution < -0.4 is 0 Å². The maximum absolute atomic E-state index is 12.9. The average molecular weight is 1110 g/mol. The number of esters is 3. The number of hydrogen-bond acceptors (Lipinski definition) is 6. The topological polar surface area (TPSA) is 78.9 Å². The molecule has 6 heteroatoms. The van der Waals surface area contributed by atoms with Crippen molar-refractivity contribution in [1.82, 2.24) is 0 Å². The summed E-state index contributed by atoms with van der Waals surface area (Å²) in [4.78, 5) is 38.4. The molecule has 0 rings (SSSR count). The predicted molar refractivity (Wildman–Crippen MR) is 348 cm³/mol. The van der Waals surface area contributed by atoms with Gasteiger partial charge < -0.3 is 14.2 Å². The Morgan fingerprint density at radius 1 is 0.263 bits per heavy atom. The normalized spacial score (nSPS) is 13.0. The number of carbonyl (C=O) groups excluding carboxylic acids is 3. The minimum Gasteiger partial charge on any atom is -0.462 e. The molecule has 0 aliphatic rings. The monoisotopic (exact) mass is 1110 g/mol. The second-order valence-corrected chi connectivity index (χ2v) is 21.6. The number of carbonyl (C=O) groups is 3. The van der Waals surface area contributed by atoms with Gasteiger partial charge >= 0.3 is 17.9 Å². The van der Waals surface area contributed by atoms with Crippen molar-refractivity contribution < 1.29 is 28.6 Å². The van der Waals surface area contributed by atoms with E-state index >= 15 is 0 Å². The van der Waals surface area contributed by atoms with Crippen molar-refractivity contribution in [3.05, 3.63) is 134 Å². The van der Waals surface area contributed by atoms with Crippen molar-refractivity contribution in [2.75, 3.05) is 13.2 Å². The van der Waals surface area contributed by atoms with Gasteiger partial charge in [0.05, 0.1) is 0 Å². The molecule has 80 heavy (non-hydrogen) atoms. The van der Waals surface area contributed by atoms with E-state index in [-0.39, 0.29) is 31.1 Å². The molecular weight excluding hydrogens is 985 g/mol. The van der Waals surface area contributed by atoms with Gasteiger partial charge in [-0.2, -0.15) is 0 Å². The van der Waals surface area contributed by atoms with Gasteiger partial charge in [-0.15, -0.1) is 0 Å². The lowest BCUT2D eigenvalue weighted by Crippen LogP contribution is -2.30. The summed E-state index contributed by atoms with van der Waals surface area (Å²) >= 11 is 0. The average Bonchev–Trinajstić information content (AvgIpc) is 3.46. The summed E-state index contributed by atoms with van der Waals surface area (Å²) in [5.74, 6) is -0.925. The Morgan fingerprint density at radius 2 is 0.487 bits per heavy atom. The first-order valence-corrected chi connectivity index (χ1v) is 33.2. The standard InChI is InChI=1S/C74H122O6/c1-4-7-10-13-16-19-22-25-28-31-33-34-35-36-37-38-39-40-41-44-46-49-52-55-58-61-64-67-73(76)79-70-71(69-78-72(75)66-63-60-57-54-51-48-45-42-30-27-24-21-18-15-12-9-6-3)80-74(77)68-65-62-59-56-53-50-47-43-32-29-26-23-20-17-14-11-8-5-2/h7,10,16,18-21,23,25,27-30,32-34,36-37,39-40,44,46,71H,4-6,8-9,11-15,17,22,24,26,31,35,38,41-43,45,47-70H2,1-3H3/b10-7-,19-16-,21-18-,23-20-,28-25-,30-27-,32-29-,34-33-,37-36-,40-39-,46-44-. The molecule has 0 spiro atoms. The summed E-state index contributed by atoms with van der Waals surface area (Å²) in [6.45, 7) is 6.47. The summed E-state index contributed by atoms with van der Waals surface area (Å²) in [5, 5.41) is 0. The van der Waals surface area contributed by atoms with Crippen molar-refractivity contribution in [3.8, 4) is 0 Å². The van der Waals surface area contributed by atoms with Gasteiger partial charge in [-0.1, -0.05) is 270 Å². The van der Waals surface area contributed by atoms with Crippen molar-refractivity contribution in [2.45, 2.75) is 303 Å². The maximum atomic E-state index is 12.9. The fraction of sp³-hybridized carbons (Fsp3) is 0.662. The van der Waals surface area contributed by atoms with E-state index in [1.54, 1.807) is 0 Å². The molecule has 0 aromatic carbocycles. The van der Waals surface area contributed by atoms with E-state index in [0.29, 0.717) is 19.3 Å². The van der Waals surface area contributed by atoms with E-state index in [0.717, 1.165) is 148 Å². The van der Waals surface area contributed by atoms with Crippen molar-refractivity contribution in [2.24, 2.45) is 0 Å². The van der Waals surface area contributed by atoms with E-state index in [4.69, 9.17) is 14.2 Å². The lowest BCUT2D eigenvalue weighted by atomic mass is 10.1. The lowest BCUT2D eigenvalue weighted by molar-refractivity contribution is -0.167. The molecule has 1 unspecified atom stereocenters. The highest BCUT2D eigenvalue weighted by Crippen LogP contribution is 2.15. The molecule has 0 aromatic heterocycles. The Labute approximate surface area is 494 Å². The van der Waals surface area contributed by atoms with Crippen LogP contribution in [-0.2, 0) is 28.6 Å². The van der Waals surface area contributed by atoms with E-state index in [2.05, 4.69) is 154 Å². The van der Waals surface area contributed by atoms with Gasteiger partial charge in [-0.05, 0) is 141 Å². The van der Waals surface area contributed by atoms with Gasteiger partial charge in [0, 0.05) is 19.3 Å². The molecule has 0 bridgehead atoms. The number of rotatable bonds is 59. The smallest absolute Gasteiger partial charge is 0.306 e. The van der Waals surface area contributed by atoms with Crippen molar-refractivity contribution in [1.29, 1.82) is 0 Å². The Bertz CT molecular complexity index is 1700. The molecule has 0 saturated carbocycles. The van der Waals surface area contributed by atoms with Crippen LogP contribution in [0.4, 0.5) is 0 Å². The van der Waals surface area contributed by atoms with E-state index in [9.17, 15) is 14.4 Å². The molecular formula is C74H122O6. The third-order valence-electron chi connectivity index (χ3n) is 13.9. The number of hydrogen-bond donors (Lipinski definition) is 0. The molecule has 0 fully saturated rings. The quantitative estimate of drug-likeness (QED) is 0.0261. The van der Waals surface area contributed by atoms with E-state index in [1.165, 1.54) is 109 Å². The van der Waals surface area contributed by atoms with Gasteiger partial charge in [0.2, 0.25) is 0 Å². The van der Waals surface area contributed by atoms with Crippen LogP contribution in [0.2, 0.25) is 0 Å². The predicted octanol–water partition coefficient (Wildman–Crippen LogP) is 22.9. The van der Waals surface area contributed by atoms with Gasteiger partial charge in [0.15, 0.2) is 6.10 Å². The van der Waals surface area contributed by atoms with Crippen molar-refractivity contribution >= 4 is 17.9 Å². The van der Waals surface area contributed by atoms with Gasteiger partial charge in [-0.3, -0.25) is 14.4 Å². The molecule has 0 N–H and O–H groups in total. The summed E-state index contributed by atoms with van der Waals surface area (Å²) in [6, 6.07) is 0. The lowest BCUT2D eigenvalue weighted by Gasteiger charge is -2.18. The minimum absolute atomic E-state index is 0.0948. The fourth-order valence-electron chi connectivity index (χ4n) is 8.89. The summed E-state index contributed by atoms with van der Waals surface area (Å²) in [6.07, 6.45) is 94.5. The molecule has 0 heterocycles. The Hall–Kier alpha value is -4.45. The van der Waals surface area contributed by atoms with Crippen LogP contribution >= 0.6 is 0 Å². The highest BCUT2D eigenvalue weighted by molar-refractivity contribution is 5.71. The number of allylic oxidation sites excluding steroid dienone is 22. The molecule has 0 aliphatic heterocycles. The van der Waals surface area contributed by atoms with E-state index in [1.807, 2.05) is 0 Å².